The number of anilines is 1. The number of rotatable bonds is 3. The molecule has 0 spiro atoms. The topological polar surface area (TPSA) is 118 Å². The van der Waals surface area contributed by atoms with Crippen molar-refractivity contribution >= 4 is 17.7 Å². The summed E-state index contributed by atoms with van der Waals surface area (Å²) in [4.78, 5) is 21.2. The van der Waals surface area contributed by atoms with Gasteiger partial charge in [-0.05, 0) is 12.1 Å². The van der Waals surface area contributed by atoms with E-state index < -0.39 is 11.9 Å². The first-order chi connectivity index (χ1) is 6.63. The van der Waals surface area contributed by atoms with Crippen molar-refractivity contribution in [3.8, 4) is 0 Å². The number of aromatic nitrogens is 2. The zero-order chi connectivity index (χ0) is 10.6. The smallest absolute Gasteiger partial charge is 0.356 e. The second kappa shape index (κ2) is 4.28. The standard InChI is InChI=1S/C7H8N4O3/c8-3-6(12)9-5-2-1-4(7(13)14)10-11-5/h1-2H,3,8H2,(H,13,14)(H,9,11,12). The second-order valence-electron chi connectivity index (χ2n) is 2.36. The first-order valence-corrected chi connectivity index (χ1v) is 3.70. The molecule has 0 bridgehead atoms. The zero-order valence-electron chi connectivity index (χ0n) is 7.10. The molecule has 0 unspecified atom stereocenters. The molecule has 0 aromatic carbocycles. The molecular formula is C7H8N4O3. The maximum absolute atomic E-state index is 10.8. The fourth-order valence-corrected chi connectivity index (χ4v) is 0.707. The van der Waals surface area contributed by atoms with Crippen molar-refractivity contribution in [1.29, 1.82) is 0 Å². The molecule has 1 heterocycles. The van der Waals surface area contributed by atoms with Crippen LogP contribution >= 0.6 is 0 Å². The lowest BCUT2D eigenvalue weighted by Crippen LogP contribution is -2.22. The number of hydrogen-bond donors (Lipinski definition) is 3. The van der Waals surface area contributed by atoms with Crippen LogP contribution in [0.5, 0.6) is 0 Å². The Labute approximate surface area is 78.9 Å². The summed E-state index contributed by atoms with van der Waals surface area (Å²) in [7, 11) is 0. The van der Waals surface area contributed by atoms with Crippen molar-refractivity contribution in [2.45, 2.75) is 0 Å². The fraction of sp³-hybridized carbons (Fsp3) is 0.143. The molecule has 74 valence electrons. The van der Waals surface area contributed by atoms with Crippen molar-refractivity contribution in [3.05, 3.63) is 17.8 Å². The summed E-state index contributed by atoms with van der Waals surface area (Å²) in [5.74, 6) is -1.41. The second-order valence-corrected chi connectivity index (χ2v) is 2.36. The third-order valence-corrected chi connectivity index (χ3v) is 1.34. The number of carbonyl (C=O) groups is 2. The van der Waals surface area contributed by atoms with E-state index in [0.29, 0.717) is 0 Å². The van der Waals surface area contributed by atoms with Crippen LogP contribution < -0.4 is 11.1 Å². The summed E-state index contributed by atoms with van der Waals surface area (Å²) in [6, 6.07) is 2.57. The van der Waals surface area contributed by atoms with Gasteiger partial charge in [0.25, 0.3) is 0 Å². The van der Waals surface area contributed by atoms with Crippen LogP contribution in [0.15, 0.2) is 12.1 Å². The van der Waals surface area contributed by atoms with Crippen LogP contribution in [0.2, 0.25) is 0 Å². The zero-order valence-corrected chi connectivity index (χ0v) is 7.10. The van der Waals surface area contributed by atoms with Crippen LogP contribution in [0, 0.1) is 0 Å². The van der Waals surface area contributed by atoms with Crippen LogP contribution in [-0.2, 0) is 4.79 Å². The molecule has 1 aromatic rings. The van der Waals surface area contributed by atoms with Gasteiger partial charge in [0.05, 0.1) is 6.54 Å². The Morgan fingerprint density at radius 1 is 1.43 bits per heavy atom. The number of carbonyl (C=O) groups excluding carboxylic acids is 1. The molecule has 0 fully saturated rings. The largest absolute Gasteiger partial charge is 0.476 e. The lowest BCUT2D eigenvalue weighted by molar-refractivity contribution is -0.114. The first-order valence-electron chi connectivity index (χ1n) is 3.70. The molecule has 1 rings (SSSR count). The van der Waals surface area contributed by atoms with E-state index >= 15 is 0 Å². The number of hydrogen-bond acceptors (Lipinski definition) is 5. The van der Waals surface area contributed by atoms with E-state index in [4.69, 9.17) is 10.8 Å². The molecule has 0 radical (unpaired) electrons. The molecular weight excluding hydrogens is 188 g/mol. The molecule has 0 saturated heterocycles. The highest BCUT2D eigenvalue weighted by molar-refractivity contribution is 5.91. The molecule has 0 aliphatic carbocycles. The molecule has 1 amide bonds. The minimum atomic E-state index is -1.17. The Bertz CT molecular complexity index is 348. The van der Waals surface area contributed by atoms with Gasteiger partial charge in [-0.15, -0.1) is 10.2 Å². The van der Waals surface area contributed by atoms with Crippen LogP contribution in [0.1, 0.15) is 10.5 Å². The molecule has 7 nitrogen and oxygen atoms in total. The number of nitrogens with zero attached hydrogens (tertiary/aromatic N) is 2. The van der Waals surface area contributed by atoms with Crippen molar-refractivity contribution in [1.82, 2.24) is 10.2 Å². The van der Waals surface area contributed by atoms with E-state index in [0.717, 1.165) is 0 Å². The first kappa shape index (κ1) is 10.1. The van der Waals surface area contributed by atoms with Gasteiger partial charge >= 0.3 is 5.97 Å². The average Bonchev–Trinajstić information content (AvgIpc) is 2.18. The van der Waals surface area contributed by atoms with Crippen LogP contribution in [0.3, 0.4) is 0 Å². The number of nitrogens with two attached hydrogens (primary N) is 1. The predicted octanol–water partition coefficient (Wildman–Crippen LogP) is -0.928. The Morgan fingerprint density at radius 2 is 2.14 bits per heavy atom. The summed E-state index contributed by atoms with van der Waals surface area (Å²) in [5.41, 5.74) is 4.86. The predicted molar refractivity (Wildman–Crippen MR) is 46.7 cm³/mol. The summed E-state index contributed by atoms with van der Waals surface area (Å²) in [5, 5.41) is 17.7. The van der Waals surface area contributed by atoms with E-state index in [1.165, 1.54) is 12.1 Å². The van der Waals surface area contributed by atoms with Gasteiger partial charge in [-0.3, -0.25) is 4.79 Å². The highest BCUT2D eigenvalue weighted by Crippen LogP contribution is 2.01. The molecule has 4 N–H and O–H groups in total. The molecule has 0 aliphatic rings. The number of amides is 1. The quantitative estimate of drug-likeness (QED) is 0.574. The van der Waals surface area contributed by atoms with Gasteiger partial charge in [-0.2, -0.15) is 0 Å². The van der Waals surface area contributed by atoms with Crippen molar-refractivity contribution < 1.29 is 14.7 Å². The van der Waals surface area contributed by atoms with Gasteiger partial charge in [-0.25, -0.2) is 4.79 Å². The van der Waals surface area contributed by atoms with Crippen molar-refractivity contribution in [2.75, 3.05) is 11.9 Å². The minimum Gasteiger partial charge on any atom is -0.476 e. The molecule has 1 aromatic heterocycles. The van der Waals surface area contributed by atoms with Crippen LogP contribution in [-0.4, -0.2) is 33.7 Å². The Kier molecular flexibility index (Phi) is 3.08. The van der Waals surface area contributed by atoms with Crippen LogP contribution in [0.4, 0.5) is 5.82 Å². The van der Waals surface area contributed by atoms with E-state index in [1.54, 1.807) is 0 Å². The van der Waals surface area contributed by atoms with Gasteiger partial charge in [0.2, 0.25) is 5.91 Å². The van der Waals surface area contributed by atoms with E-state index in [-0.39, 0.29) is 18.1 Å². The van der Waals surface area contributed by atoms with Gasteiger partial charge in [0, 0.05) is 0 Å². The lowest BCUT2D eigenvalue weighted by atomic mass is 10.4. The SMILES string of the molecule is NCC(=O)Nc1ccc(C(=O)O)nn1. The van der Waals surface area contributed by atoms with Crippen molar-refractivity contribution in [2.24, 2.45) is 5.73 Å². The Hall–Kier alpha value is -2.02. The molecule has 0 atom stereocenters. The average molecular weight is 196 g/mol. The maximum Gasteiger partial charge on any atom is 0.356 e. The Balaban J connectivity index is 2.73. The molecule has 0 aliphatic heterocycles. The fourth-order valence-electron chi connectivity index (χ4n) is 0.707. The van der Waals surface area contributed by atoms with Gasteiger partial charge in [0.1, 0.15) is 0 Å². The van der Waals surface area contributed by atoms with E-state index in [2.05, 4.69) is 15.5 Å². The minimum absolute atomic E-state index is 0.164. The lowest BCUT2D eigenvalue weighted by Gasteiger charge is -2.00. The third-order valence-electron chi connectivity index (χ3n) is 1.34. The monoisotopic (exact) mass is 196 g/mol. The molecule has 0 saturated carbocycles. The highest BCUT2D eigenvalue weighted by atomic mass is 16.4. The maximum atomic E-state index is 10.8. The van der Waals surface area contributed by atoms with E-state index in [1.807, 2.05) is 0 Å². The van der Waals surface area contributed by atoms with Gasteiger partial charge in [-0.1, -0.05) is 0 Å². The van der Waals surface area contributed by atoms with Crippen LogP contribution in [0.25, 0.3) is 0 Å². The van der Waals surface area contributed by atoms with Gasteiger partial charge in [0.15, 0.2) is 11.5 Å². The third kappa shape index (κ3) is 2.49. The summed E-state index contributed by atoms with van der Waals surface area (Å²) in [6.45, 7) is -0.164. The summed E-state index contributed by atoms with van der Waals surface area (Å²) >= 11 is 0. The highest BCUT2D eigenvalue weighted by Gasteiger charge is 2.05. The number of carboxylic acids is 1. The van der Waals surface area contributed by atoms with Crippen molar-refractivity contribution in [3.63, 3.8) is 0 Å². The summed E-state index contributed by atoms with van der Waals surface area (Å²) < 4.78 is 0. The molecule has 14 heavy (non-hydrogen) atoms. The number of carboxylic acid groups (broad SMARTS) is 1. The summed E-state index contributed by atoms with van der Waals surface area (Å²) in [6.07, 6.45) is 0. The number of nitrogens with one attached hydrogen (secondary N) is 1. The Morgan fingerprint density at radius 3 is 2.57 bits per heavy atom. The number of aromatic carboxylic acids is 1. The normalized spacial score (nSPS) is 9.50. The van der Waals surface area contributed by atoms with Gasteiger partial charge < -0.3 is 16.2 Å². The molecule has 7 heteroatoms. The van der Waals surface area contributed by atoms with E-state index in [9.17, 15) is 9.59 Å².